The summed E-state index contributed by atoms with van der Waals surface area (Å²) in [5.41, 5.74) is -0.488. The van der Waals surface area contributed by atoms with Gasteiger partial charge in [-0.2, -0.15) is 0 Å². The van der Waals surface area contributed by atoms with Crippen LogP contribution in [-0.4, -0.2) is 72.8 Å². The molecule has 2 rings (SSSR count). The van der Waals surface area contributed by atoms with Gasteiger partial charge in [-0.3, -0.25) is 4.90 Å². The molecule has 1 aliphatic carbocycles. The highest BCUT2D eigenvalue weighted by Crippen LogP contribution is 2.18. The van der Waals surface area contributed by atoms with Gasteiger partial charge in [0, 0.05) is 38.3 Å². The molecule has 1 aliphatic heterocycles. The lowest BCUT2D eigenvalue weighted by Gasteiger charge is -2.39. The molecule has 0 spiro atoms. The number of carbonyl (C=O) groups is 2. The Morgan fingerprint density at radius 2 is 1.91 bits per heavy atom. The van der Waals surface area contributed by atoms with Crippen LogP contribution in [0.2, 0.25) is 0 Å². The van der Waals surface area contributed by atoms with Crippen LogP contribution in [-0.2, 0) is 4.74 Å². The molecule has 3 amide bonds. The van der Waals surface area contributed by atoms with E-state index in [0.717, 1.165) is 19.4 Å². The predicted molar refractivity (Wildman–Crippen MR) is 83.8 cm³/mol. The largest absolute Gasteiger partial charge is 0.444 e. The number of rotatable bonds is 3. The van der Waals surface area contributed by atoms with Crippen molar-refractivity contribution >= 4 is 12.1 Å². The summed E-state index contributed by atoms with van der Waals surface area (Å²) >= 11 is 0. The quantitative estimate of drug-likeness (QED) is 0.815. The number of ether oxygens (including phenoxy) is 1. The molecule has 1 atom stereocenters. The molecule has 2 fully saturated rings. The van der Waals surface area contributed by atoms with E-state index >= 15 is 0 Å². The van der Waals surface area contributed by atoms with Gasteiger partial charge in [0.05, 0.1) is 0 Å². The summed E-state index contributed by atoms with van der Waals surface area (Å²) in [6, 6.07) is 0.332. The van der Waals surface area contributed by atoms with Crippen molar-refractivity contribution in [2.75, 3.05) is 33.2 Å². The summed E-state index contributed by atoms with van der Waals surface area (Å²) in [7, 11) is 2.01. The Morgan fingerprint density at radius 3 is 2.50 bits per heavy atom. The maximum Gasteiger partial charge on any atom is 0.410 e. The number of nitrogens with one attached hydrogen (secondary N) is 2. The van der Waals surface area contributed by atoms with Gasteiger partial charge >= 0.3 is 12.1 Å². The Balaban J connectivity index is 1.79. The number of likely N-dealkylation sites (N-methyl/N-ethyl adjacent to an activating group) is 1. The number of urea groups is 1. The molecular weight excluding hydrogens is 284 g/mol. The second kappa shape index (κ2) is 6.73. The first kappa shape index (κ1) is 16.9. The summed E-state index contributed by atoms with van der Waals surface area (Å²) < 4.78 is 5.42. The van der Waals surface area contributed by atoms with E-state index in [1.807, 2.05) is 27.8 Å². The van der Waals surface area contributed by atoms with Crippen molar-refractivity contribution in [1.29, 1.82) is 0 Å². The second-order valence-corrected chi connectivity index (χ2v) is 7.19. The van der Waals surface area contributed by atoms with Gasteiger partial charge in [-0.1, -0.05) is 0 Å². The SMILES string of the molecule is CN1CCN(C(=O)OC(C)(C)C)CC1CNC(=O)NC1CC1. The van der Waals surface area contributed by atoms with Crippen molar-refractivity contribution in [1.82, 2.24) is 20.4 Å². The Hall–Kier alpha value is -1.50. The lowest BCUT2D eigenvalue weighted by Crippen LogP contribution is -2.58. The fraction of sp³-hybridized carbons (Fsp3) is 0.867. The molecule has 1 heterocycles. The van der Waals surface area contributed by atoms with Crippen molar-refractivity contribution < 1.29 is 14.3 Å². The number of carbonyl (C=O) groups excluding carboxylic acids is 2. The molecule has 0 aromatic rings. The van der Waals surface area contributed by atoms with Gasteiger partial charge in [-0.05, 0) is 40.7 Å². The molecule has 7 heteroatoms. The standard InChI is InChI=1S/C15H28N4O3/c1-15(2,3)22-14(21)19-8-7-18(4)12(10-19)9-16-13(20)17-11-5-6-11/h11-12H,5-10H2,1-4H3,(H2,16,17,20). The fourth-order valence-electron chi connectivity index (χ4n) is 2.33. The number of amides is 3. The van der Waals surface area contributed by atoms with E-state index < -0.39 is 5.60 Å². The van der Waals surface area contributed by atoms with Crippen LogP contribution in [0, 0.1) is 0 Å². The van der Waals surface area contributed by atoms with E-state index in [2.05, 4.69) is 15.5 Å². The maximum absolute atomic E-state index is 12.1. The van der Waals surface area contributed by atoms with Crippen LogP contribution in [0.15, 0.2) is 0 Å². The Bertz CT molecular complexity index is 418. The molecule has 7 nitrogen and oxygen atoms in total. The number of piperazine rings is 1. The molecule has 0 radical (unpaired) electrons. The van der Waals surface area contributed by atoms with Crippen molar-refractivity contribution in [2.45, 2.75) is 51.3 Å². The van der Waals surface area contributed by atoms with E-state index in [0.29, 0.717) is 25.7 Å². The zero-order valence-electron chi connectivity index (χ0n) is 14.0. The van der Waals surface area contributed by atoms with Crippen molar-refractivity contribution in [3.05, 3.63) is 0 Å². The average Bonchev–Trinajstić information content (AvgIpc) is 3.19. The molecule has 126 valence electrons. The zero-order valence-corrected chi connectivity index (χ0v) is 14.0. The Kier molecular flexibility index (Phi) is 5.16. The minimum Gasteiger partial charge on any atom is -0.444 e. The maximum atomic E-state index is 12.1. The molecule has 1 saturated carbocycles. The Labute approximate surface area is 132 Å². The smallest absolute Gasteiger partial charge is 0.410 e. The van der Waals surface area contributed by atoms with E-state index in [4.69, 9.17) is 4.74 Å². The summed E-state index contributed by atoms with van der Waals surface area (Å²) in [6.07, 6.45) is 1.86. The minimum absolute atomic E-state index is 0.103. The molecule has 2 aliphatic rings. The van der Waals surface area contributed by atoms with Gasteiger partial charge in [0.2, 0.25) is 0 Å². The summed E-state index contributed by atoms with van der Waals surface area (Å²) in [5, 5.41) is 5.79. The molecular formula is C15H28N4O3. The van der Waals surface area contributed by atoms with Gasteiger partial charge in [0.1, 0.15) is 5.60 Å². The third kappa shape index (κ3) is 5.36. The van der Waals surface area contributed by atoms with Crippen molar-refractivity contribution in [2.24, 2.45) is 0 Å². The topological polar surface area (TPSA) is 73.9 Å². The van der Waals surface area contributed by atoms with Crippen molar-refractivity contribution in [3.63, 3.8) is 0 Å². The number of hydrogen-bond donors (Lipinski definition) is 2. The lowest BCUT2D eigenvalue weighted by atomic mass is 10.2. The van der Waals surface area contributed by atoms with E-state index in [1.54, 1.807) is 4.90 Å². The molecule has 1 saturated heterocycles. The average molecular weight is 312 g/mol. The van der Waals surface area contributed by atoms with Crippen LogP contribution in [0.25, 0.3) is 0 Å². The first-order valence-corrected chi connectivity index (χ1v) is 7.97. The van der Waals surface area contributed by atoms with Crippen LogP contribution in [0.5, 0.6) is 0 Å². The summed E-state index contributed by atoms with van der Waals surface area (Å²) in [4.78, 5) is 27.7. The normalized spacial score (nSPS) is 23.1. The minimum atomic E-state index is -0.488. The second-order valence-electron chi connectivity index (χ2n) is 7.19. The molecule has 22 heavy (non-hydrogen) atoms. The summed E-state index contributed by atoms with van der Waals surface area (Å²) in [6.45, 7) is 8.10. The molecule has 0 aromatic heterocycles. The van der Waals surface area contributed by atoms with Crippen LogP contribution in [0.3, 0.4) is 0 Å². The van der Waals surface area contributed by atoms with Crippen LogP contribution >= 0.6 is 0 Å². The molecule has 1 unspecified atom stereocenters. The van der Waals surface area contributed by atoms with Crippen LogP contribution in [0.4, 0.5) is 9.59 Å². The number of nitrogens with zero attached hydrogens (tertiary/aromatic N) is 2. The first-order valence-electron chi connectivity index (χ1n) is 7.97. The van der Waals surface area contributed by atoms with E-state index in [9.17, 15) is 9.59 Å². The van der Waals surface area contributed by atoms with Gasteiger partial charge in [-0.25, -0.2) is 9.59 Å². The highest BCUT2D eigenvalue weighted by molar-refractivity contribution is 5.74. The lowest BCUT2D eigenvalue weighted by molar-refractivity contribution is 0.00800. The fourth-order valence-corrected chi connectivity index (χ4v) is 2.33. The predicted octanol–water partition coefficient (Wildman–Crippen LogP) is 0.999. The third-order valence-electron chi connectivity index (χ3n) is 3.84. The van der Waals surface area contributed by atoms with Crippen LogP contribution in [0.1, 0.15) is 33.6 Å². The highest BCUT2D eigenvalue weighted by atomic mass is 16.6. The van der Waals surface area contributed by atoms with E-state index in [1.165, 1.54) is 0 Å². The Morgan fingerprint density at radius 1 is 1.23 bits per heavy atom. The van der Waals surface area contributed by atoms with Gasteiger partial charge in [0.25, 0.3) is 0 Å². The molecule has 2 N–H and O–H groups in total. The van der Waals surface area contributed by atoms with Gasteiger partial charge < -0.3 is 20.3 Å². The third-order valence-corrected chi connectivity index (χ3v) is 3.84. The van der Waals surface area contributed by atoms with E-state index in [-0.39, 0.29) is 18.2 Å². The highest BCUT2D eigenvalue weighted by Gasteiger charge is 2.31. The number of hydrogen-bond acceptors (Lipinski definition) is 4. The van der Waals surface area contributed by atoms with Crippen LogP contribution < -0.4 is 10.6 Å². The molecule has 0 bridgehead atoms. The van der Waals surface area contributed by atoms with Gasteiger partial charge in [0.15, 0.2) is 0 Å². The molecule has 0 aromatic carbocycles. The monoisotopic (exact) mass is 312 g/mol. The first-order chi connectivity index (χ1) is 10.2. The van der Waals surface area contributed by atoms with Crippen molar-refractivity contribution in [3.8, 4) is 0 Å². The van der Waals surface area contributed by atoms with Gasteiger partial charge in [-0.15, -0.1) is 0 Å². The summed E-state index contributed by atoms with van der Waals surface area (Å²) in [5.74, 6) is 0. The zero-order chi connectivity index (χ0) is 16.3.